The van der Waals surface area contributed by atoms with Gasteiger partial charge in [-0.25, -0.2) is 4.98 Å². The Bertz CT molecular complexity index is 974. The number of carbonyl (C=O) groups excluding carboxylic acids is 2. The fourth-order valence-corrected chi connectivity index (χ4v) is 2.69. The Kier molecular flexibility index (Phi) is 4.71. The molecular weight excluding hydrogens is 332 g/mol. The summed E-state index contributed by atoms with van der Waals surface area (Å²) in [5.41, 5.74) is 8.80. The maximum absolute atomic E-state index is 12.8. The number of fused-ring (bicyclic) bond motifs is 1. The van der Waals surface area contributed by atoms with Crippen LogP contribution in [-0.4, -0.2) is 22.0 Å². The van der Waals surface area contributed by atoms with E-state index in [1.807, 2.05) is 13.8 Å². The summed E-state index contributed by atoms with van der Waals surface area (Å²) in [4.78, 5) is 28.2. The number of hydrogen-bond donors (Lipinski definition) is 2. The van der Waals surface area contributed by atoms with Crippen LogP contribution in [-0.2, 0) is 11.2 Å². The summed E-state index contributed by atoms with van der Waals surface area (Å²) >= 11 is 0. The fourth-order valence-electron chi connectivity index (χ4n) is 2.69. The van der Waals surface area contributed by atoms with Crippen LogP contribution in [0.15, 0.2) is 34.9 Å². The van der Waals surface area contributed by atoms with Crippen molar-refractivity contribution in [3.05, 3.63) is 52.8 Å². The number of aryl methyl sites for hydroxylation is 1. The summed E-state index contributed by atoms with van der Waals surface area (Å²) in [7, 11) is 0. The smallest absolute Gasteiger partial charge is 0.259 e. The molecule has 0 saturated heterocycles. The molecule has 0 aliphatic carbocycles. The van der Waals surface area contributed by atoms with E-state index in [2.05, 4.69) is 15.5 Å². The van der Waals surface area contributed by atoms with Crippen LogP contribution in [0.5, 0.6) is 0 Å². The maximum atomic E-state index is 12.8. The van der Waals surface area contributed by atoms with E-state index in [1.165, 1.54) is 0 Å². The predicted molar refractivity (Wildman–Crippen MR) is 97.9 cm³/mol. The van der Waals surface area contributed by atoms with Crippen molar-refractivity contribution >= 4 is 28.6 Å². The van der Waals surface area contributed by atoms with Gasteiger partial charge in [0.1, 0.15) is 0 Å². The number of benzene rings is 1. The van der Waals surface area contributed by atoms with Gasteiger partial charge in [0, 0.05) is 11.4 Å². The lowest BCUT2D eigenvalue weighted by Crippen LogP contribution is -2.15. The molecule has 0 aliphatic rings. The van der Waals surface area contributed by atoms with Crippen molar-refractivity contribution in [3.63, 3.8) is 0 Å². The molecule has 0 saturated carbocycles. The first kappa shape index (κ1) is 17.6. The summed E-state index contributed by atoms with van der Waals surface area (Å²) in [5, 5.41) is 7.39. The standard InChI is InChI=1S/C19H20N4O3/c1-10(2)15-9-14(17-11(3)23-26-19(17)22-15)18(25)21-13-6-4-12(5-7-13)8-16(20)24/h4-7,9-10H,8H2,1-3H3,(H2,20,24)(H,21,25). The van der Waals surface area contributed by atoms with Gasteiger partial charge < -0.3 is 15.6 Å². The van der Waals surface area contributed by atoms with Gasteiger partial charge in [0.2, 0.25) is 5.91 Å². The average molecular weight is 352 g/mol. The first-order valence-electron chi connectivity index (χ1n) is 8.30. The molecule has 0 bridgehead atoms. The second-order valence-corrected chi connectivity index (χ2v) is 6.49. The highest BCUT2D eigenvalue weighted by atomic mass is 16.5. The van der Waals surface area contributed by atoms with Crippen molar-refractivity contribution in [2.75, 3.05) is 5.32 Å². The number of hydrogen-bond acceptors (Lipinski definition) is 5. The number of rotatable bonds is 5. The first-order valence-corrected chi connectivity index (χ1v) is 8.30. The van der Waals surface area contributed by atoms with Gasteiger partial charge in [-0.1, -0.05) is 31.1 Å². The van der Waals surface area contributed by atoms with Gasteiger partial charge in [-0.05, 0) is 36.6 Å². The summed E-state index contributed by atoms with van der Waals surface area (Å²) in [6.07, 6.45) is 0.164. The second-order valence-electron chi connectivity index (χ2n) is 6.49. The zero-order valence-electron chi connectivity index (χ0n) is 14.9. The predicted octanol–water partition coefficient (Wildman–Crippen LogP) is 2.93. The van der Waals surface area contributed by atoms with Crippen molar-refractivity contribution in [3.8, 4) is 0 Å². The van der Waals surface area contributed by atoms with Gasteiger partial charge in [0.15, 0.2) is 0 Å². The number of nitrogens with one attached hydrogen (secondary N) is 1. The molecule has 0 fully saturated rings. The Morgan fingerprint density at radius 2 is 1.92 bits per heavy atom. The van der Waals surface area contributed by atoms with E-state index >= 15 is 0 Å². The van der Waals surface area contributed by atoms with Crippen molar-refractivity contribution < 1.29 is 14.1 Å². The lowest BCUT2D eigenvalue weighted by atomic mass is 10.0. The highest BCUT2D eigenvalue weighted by molar-refractivity contribution is 6.12. The molecule has 1 aromatic carbocycles. The quantitative estimate of drug-likeness (QED) is 0.733. The fraction of sp³-hybridized carbons (Fsp3) is 0.263. The molecule has 2 heterocycles. The summed E-state index contributed by atoms with van der Waals surface area (Å²) in [6.45, 7) is 5.77. The SMILES string of the molecule is Cc1noc2nc(C(C)C)cc(C(=O)Nc3ccc(CC(N)=O)cc3)c12. The lowest BCUT2D eigenvalue weighted by molar-refractivity contribution is -0.117. The van der Waals surface area contributed by atoms with Crippen LogP contribution in [0.2, 0.25) is 0 Å². The largest absolute Gasteiger partial charge is 0.369 e. The Morgan fingerprint density at radius 1 is 1.23 bits per heavy atom. The van der Waals surface area contributed by atoms with Gasteiger partial charge in [-0.15, -0.1) is 0 Å². The van der Waals surface area contributed by atoms with Crippen LogP contribution >= 0.6 is 0 Å². The molecule has 0 radical (unpaired) electrons. The van der Waals surface area contributed by atoms with Gasteiger partial charge in [-0.2, -0.15) is 0 Å². The van der Waals surface area contributed by atoms with Gasteiger partial charge >= 0.3 is 0 Å². The van der Waals surface area contributed by atoms with E-state index in [0.29, 0.717) is 28.0 Å². The molecule has 0 atom stereocenters. The van der Waals surface area contributed by atoms with Crippen LogP contribution in [0.4, 0.5) is 5.69 Å². The van der Waals surface area contributed by atoms with E-state index < -0.39 is 5.91 Å². The molecule has 0 spiro atoms. The minimum absolute atomic E-state index is 0.143. The number of pyridine rings is 1. The lowest BCUT2D eigenvalue weighted by Gasteiger charge is -2.10. The van der Waals surface area contributed by atoms with E-state index in [0.717, 1.165) is 11.3 Å². The summed E-state index contributed by atoms with van der Waals surface area (Å²) in [5.74, 6) is -0.525. The monoisotopic (exact) mass is 352 g/mol. The third-order valence-electron chi connectivity index (χ3n) is 4.06. The maximum Gasteiger partial charge on any atom is 0.259 e. The topological polar surface area (TPSA) is 111 Å². The zero-order valence-corrected chi connectivity index (χ0v) is 14.9. The molecule has 0 unspecified atom stereocenters. The molecule has 7 nitrogen and oxygen atoms in total. The molecule has 3 N–H and O–H groups in total. The minimum Gasteiger partial charge on any atom is -0.369 e. The highest BCUT2D eigenvalue weighted by Gasteiger charge is 2.19. The number of primary amides is 1. The van der Waals surface area contributed by atoms with Crippen LogP contribution in [0.25, 0.3) is 11.1 Å². The highest BCUT2D eigenvalue weighted by Crippen LogP contribution is 2.26. The molecule has 2 amide bonds. The van der Waals surface area contributed by atoms with E-state index in [4.69, 9.17) is 10.3 Å². The van der Waals surface area contributed by atoms with Crippen molar-refractivity contribution in [2.24, 2.45) is 5.73 Å². The number of nitrogens with two attached hydrogens (primary N) is 1. The van der Waals surface area contributed by atoms with E-state index in [-0.39, 0.29) is 18.2 Å². The van der Waals surface area contributed by atoms with Gasteiger partial charge in [0.25, 0.3) is 11.6 Å². The number of amides is 2. The van der Waals surface area contributed by atoms with Crippen molar-refractivity contribution in [2.45, 2.75) is 33.1 Å². The summed E-state index contributed by atoms with van der Waals surface area (Å²) < 4.78 is 5.25. The Morgan fingerprint density at radius 3 is 2.54 bits per heavy atom. The van der Waals surface area contributed by atoms with Crippen LogP contribution in [0.3, 0.4) is 0 Å². The molecule has 0 aliphatic heterocycles. The Hall–Kier alpha value is -3.22. The zero-order chi connectivity index (χ0) is 18.8. The second kappa shape index (κ2) is 6.95. The van der Waals surface area contributed by atoms with E-state index in [9.17, 15) is 9.59 Å². The van der Waals surface area contributed by atoms with Gasteiger partial charge in [-0.3, -0.25) is 9.59 Å². The van der Waals surface area contributed by atoms with Crippen molar-refractivity contribution in [1.29, 1.82) is 0 Å². The molecular formula is C19H20N4O3. The number of aromatic nitrogens is 2. The molecule has 3 aromatic rings. The van der Waals surface area contributed by atoms with Crippen LogP contribution < -0.4 is 11.1 Å². The molecule has 3 rings (SSSR count). The summed E-state index contributed by atoms with van der Waals surface area (Å²) in [6, 6.07) is 8.75. The first-order chi connectivity index (χ1) is 12.3. The average Bonchev–Trinajstić information content (AvgIpc) is 2.96. The number of carbonyl (C=O) groups is 2. The third kappa shape index (κ3) is 3.56. The van der Waals surface area contributed by atoms with Crippen LogP contribution in [0.1, 0.15) is 47.1 Å². The van der Waals surface area contributed by atoms with Crippen molar-refractivity contribution in [1.82, 2.24) is 10.1 Å². The minimum atomic E-state index is -0.398. The molecule has 26 heavy (non-hydrogen) atoms. The van der Waals surface area contributed by atoms with Crippen LogP contribution in [0, 0.1) is 6.92 Å². The number of nitrogens with zero attached hydrogens (tertiary/aromatic N) is 2. The third-order valence-corrected chi connectivity index (χ3v) is 4.06. The molecule has 7 heteroatoms. The Labute approximate surface area is 150 Å². The molecule has 134 valence electrons. The van der Waals surface area contributed by atoms with Gasteiger partial charge in [0.05, 0.1) is 23.1 Å². The number of anilines is 1. The molecule has 2 aromatic heterocycles. The Balaban J connectivity index is 1.92. The normalized spacial score (nSPS) is 11.1. The van der Waals surface area contributed by atoms with E-state index in [1.54, 1.807) is 37.3 Å².